The lowest BCUT2D eigenvalue weighted by molar-refractivity contribution is 0.0948. The van der Waals surface area contributed by atoms with Gasteiger partial charge >= 0.3 is 0 Å². The van der Waals surface area contributed by atoms with Crippen molar-refractivity contribution >= 4 is 29.0 Å². The Kier molecular flexibility index (Phi) is 6.30. The lowest BCUT2D eigenvalue weighted by atomic mass is 10.1. The molecule has 0 radical (unpaired) electrons. The summed E-state index contributed by atoms with van der Waals surface area (Å²) in [5.74, 6) is 0.896. The van der Waals surface area contributed by atoms with Crippen molar-refractivity contribution in [2.45, 2.75) is 17.1 Å². The van der Waals surface area contributed by atoms with E-state index in [9.17, 15) is 9.18 Å². The van der Waals surface area contributed by atoms with Crippen LogP contribution in [0.1, 0.15) is 22.5 Å². The van der Waals surface area contributed by atoms with E-state index in [0.29, 0.717) is 18.0 Å². The maximum atomic E-state index is 13.1. The number of thioether (sulfide) groups is 1. The molecule has 1 atom stereocenters. The minimum atomic E-state index is -0.221. The van der Waals surface area contributed by atoms with Crippen LogP contribution in [0.5, 0.6) is 0 Å². The molecule has 0 spiro atoms. The summed E-state index contributed by atoms with van der Waals surface area (Å²) in [6.07, 6.45) is 5.05. The van der Waals surface area contributed by atoms with Gasteiger partial charge in [0.25, 0.3) is 5.91 Å². The average Bonchev–Trinajstić information content (AvgIpc) is 3.49. The van der Waals surface area contributed by atoms with Crippen LogP contribution < -0.4 is 10.2 Å². The molecule has 1 fully saturated rings. The Morgan fingerprint density at radius 2 is 1.91 bits per heavy atom. The van der Waals surface area contributed by atoms with Crippen molar-refractivity contribution in [1.29, 1.82) is 0 Å². The molecular formula is C26H25FN4OS. The maximum Gasteiger partial charge on any atom is 0.251 e. The number of aromatic nitrogens is 2. The van der Waals surface area contributed by atoms with Crippen LogP contribution in [0.3, 0.4) is 0 Å². The molecule has 3 heterocycles. The number of halogens is 1. The Morgan fingerprint density at radius 1 is 1.09 bits per heavy atom. The van der Waals surface area contributed by atoms with E-state index >= 15 is 0 Å². The predicted octanol–water partition coefficient (Wildman–Crippen LogP) is 5.02. The fraction of sp³-hybridized carbons (Fsp3) is 0.231. The lowest BCUT2D eigenvalue weighted by Gasteiger charge is -2.18. The second kappa shape index (κ2) is 9.67. The van der Waals surface area contributed by atoms with E-state index in [1.54, 1.807) is 11.8 Å². The highest BCUT2D eigenvalue weighted by atomic mass is 32.2. The summed E-state index contributed by atoms with van der Waals surface area (Å²) in [6.45, 7) is 2.43. The van der Waals surface area contributed by atoms with E-state index in [-0.39, 0.29) is 11.7 Å². The summed E-state index contributed by atoms with van der Waals surface area (Å²) in [5, 5.41) is 3.07. The fourth-order valence-electron chi connectivity index (χ4n) is 4.14. The summed E-state index contributed by atoms with van der Waals surface area (Å²) >= 11 is 1.71. The average molecular weight is 461 g/mol. The van der Waals surface area contributed by atoms with Gasteiger partial charge in [-0.2, -0.15) is 0 Å². The number of nitrogens with one attached hydrogen (secondary N) is 1. The van der Waals surface area contributed by atoms with E-state index < -0.39 is 0 Å². The molecule has 1 aliphatic rings. The Morgan fingerprint density at radius 3 is 2.70 bits per heavy atom. The van der Waals surface area contributed by atoms with Gasteiger partial charge in [0.15, 0.2) is 0 Å². The first-order chi connectivity index (χ1) is 16.1. The molecule has 0 saturated carbocycles. The number of fused-ring (bicyclic) bond motifs is 1. The van der Waals surface area contributed by atoms with Crippen LogP contribution in [0.2, 0.25) is 0 Å². The molecule has 0 bridgehead atoms. The van der Waals surface area contributed by atoms with Crippen LogP contribution in [-0.4, -0.2) is 34.9 Å². The zero-order chi connectivity index (χ0) is 22.6. The van der Waals surface area contributed by atoms with Crippen molar-refractivity contribution in [2.75, 3.05) is 24.5 Å². The van der Waals surface area contributed by atoms with Crippen LogP contribution in [0.25, 0.3) is 5.65 Å². The molecule has 2 aromatic heterocycles. The third kappa shape index (κ3) is 5.20. The standard InChI is InChI=1S/C26H25FN4OS/c27-21-6-8-23(9-7-21)30-14-12-19(16-30)15-28-26(32)20-4-10-24(11-5-20)33-18-22-17-31-13-2-1-3-25(31)29-22/h1-11,13,17,19H,12,14-16,18H2,(H,28,32). The molecule has 5 nitrogen and oxygen atoms in total. The molecule has 1 aliphatic heterocycles. The summed E-state index contributed by atoms with van der Waals surface area (Å²) in [7, 11) is 0. The van der Waals surface area contributed by atoms with Crippen LogP contribution in [0, 0.1) is 11.7 Å². The molecule has 2 aromatic carbocycles. The van der Waals surface area contributed by atoms with Gasteiger partial charge in [-0.3, -0.25) is 4.79 Å². The Labute approximate surface area is 196 Å². The van der Waals surface area contributed by atoms with Crippen LogP contribution in [0.4, 0.5) is 10.1 Å². The highest BCUT2D eigenvalue weighted by Gasteiger charge is 2.23. The topological polar surface area (TPSA) is 49.6 Å². The molecule has 1 N–H and O–H groups in total. The van der Waals surface area contributed by atoms with Crippen LogP contribution in [-0.2, 0) is 5.75 Å². The van der Waals surface area contributed by atoms with Gasteiger partial charge in [0.2, 0.25) is 0 Å². The van der Waals surface area contributed by atoms with Gasteiger partial charge in [-0.15, -0.1) is 11.8 Å². The number of carbonyl (C=O) groups excluding carboxylic acids is 1. The lowest BCUT2D eigenvalue weighted by Crippen LogP contribution is -2.31. The van der Waals surface area contributed by atoms with Gasteiger partial charge in [0.1, 0.15) is 11.5 Å². The van der Waals surface area contributed by atoms with E-state index in [0.717, 1.165) is 47.2 Å². The molecule has 4 aromatic rings. The maximum absolute atomic E-state index is 13.1. The number of hydrogen-bond donors (Lipinski definition) is 1. The number of benzene rings is 2. The molecule has 1 amide bonds. The molecule has 0 aliphatic carbocycles. The zero-order valence-corrected chi connectivity index (χ0v) is 19.0. The highest BCUT2D eigenvalue weighted by molar-refractivity contribution is 7.98. The van der Waals surface area contributed by atoms with Crippen molar-refractivity contribution < 1.29 is 9.18 Å². The molecular weight excluding hydrogens is 435 g/mol. The predicted molar refractivity (Wildman–Crippen MR) is 130 cm³/mol. The second-order valence-corrected chi connectivity index (χ2v) is 9.35. The molecule has 33 heavy (non-hydrogen) atoms. The van der Waals surface area contributed by atoms with E-state index in [2.05, 4.69) is 15.2 Å². The number of nitrogens with zero attached hydrogens (tertiary/aromatic N) is 3. The monoisotopic (exact) mass is 460 g/mol. The Hall–Kier alpha value is -3.32. The molecule has 5 rings (SSSR count). The Bertz CT molecular complexity index is 1210. The number of amides is 1. The molecule has 1 saturated heterocycles. The number of carbonyl (C=O) groups is 1. The van der Waals surface area contributed by atoms with E-state index in [1.165, 1.54) is 12.1 Å². The first kappa shape index (κ1) is 21.5. The molecule has 7 heteroatoms. The number of hydrogen-bond acceptors (Lipinski definition) is 4. The summed E-state index contributed by atoms with van der Waals surface area (Å²) in [5.41, 5.74) is 3.67. The zero-order valence-electron chi connectivity index (χ0n) is 18.2. The van der Waals surface area contributed by atoms with E-state index in [1.807, 2.05) is 71.4 Å². The Balaban J connectivity index is 1.10. The van der Waals surface area contributed by atoms with E-state index in [4.69, 9.17) is 0 Å². The van der Waals surface area contributed by atoms with Gasteiger partial charge < -0.3 is 14.6 Å². The summed E-state index contributed by atoms with van der Waals surface area (Å²) in [6, 6.07) is 20.3. The number of pyridine rings is 1. The third-order valence-corrected chi connectivity index (χ3v) is 6.99. The van der Waals surface area contributed by atoms with Crippen molar-refractivity contribution in [3.05, 3.63) is 96.2 Å². The van der Waals surface area contributed by atoms with Gasteiger partial charge in [-0.25, -0.2) is 9.37 Å². The van der Waals surface area contributed by atoms with Gasteiger partial charge in [-0.1, -0.05) is 6.07 Å². The largest absolute Gasteiger partial charge is 0.371 e. The first-order valence-electron chi connectivity index (χ1n) is 11.1. The third-order valence-electron chi connectivity index (χ3n) is 5.95. The van der Waals surface area contributed by atoms with Crippen molar-refractivity contribution in [2.24, 2.45) is 5.92 Å². The van der Waals surface area contributed by atoms with Gasteiger partial charge in [0.05, 0.1) is 5.69 Å². The minimum Gasteiger partial charge on any atom is -0.371 e. The normalized spacial score (nSPS) is 15.8. The van der Waals surface area contributed by atoms with Gasteiger partial charge in [0, 0.05) is 53.9 Å². The fourth-order valence-corrected chi connectivity index (χ4v) is 4.92. The number of imidazole rings is 1. The SMILES string of the molecule is O=C(NCC1CCN(c2ccc(F)cc2)C1)c1ccc(SCc2cn3ccccc3n2)cc1. The van der Waals surface area contributed by atoms with Crippen LogP contribution >= 0.6 is 11.8 Å². The van der Waals surface area contributed by atoms with Crippen molar-refractivity contribution in [1.82, 2.24) is 14.7 Å². The summed E-state index contributed by atoms with van der Waals surface area (Å²) in [4.78, 5) is 20.6. The first-order valence-corrected chi connectivity index (χ1v) is 12.1. The van der Waals surface area contributed by atoms with Crippen LogP contribution in [0.15, 0.2) is 84.0 Å². The quantitative estimate of drug-likeness (QED) is 0.394. The highest BCUT2D eigenvalue weighted by Crippen LogP contribution is 2.25. The summed E-state index contributed by atoms with van der Waals surface area (Å²) < 4.78 is 15.2. The van der Waals surface area contributed by atoms with Gasteiger partial charge in [-0.05, 0) is 73.0 Å². The smallest absolute Gasteiger partial charge is 0.251 e. The molecule has 1 unspecified atom stereocenters. The van der Waals surface area contributed by atoms with Crippen molar-refractivity contribution in [3.63, 3.8) is 0 Å². The number of rotatable bonds is 7. The van der Waals surface area contributed by atoms with Crippen molar-refractivity contribution in [3.8, 4) is 0 Å². The second-order valence-electron chi connectivity index (χ2n) is 8.30. The number of anilines is 1. The minimum absolute atomic E-state index is 0.0490. The molecule has 168 valence electrons.